The lowest BCUT2D eigenvalue weighted by molar-refractivity contribution is 0.416. The van der Waals surface area contributed by atoms with Crippen molar-refractivity contribution in [1.29, 1.82) is 0 Å². The highest BCUT2D eigenvalue weighted by Gasteiger charge is 2.10. The molecule has 0 amide bonds. The van der Waals surface area contributed by atoms with Crippen LogP contribution < -0.4 is 4.74 Å². The third-order valence-electron chi connectivity index (χ3n) is 2.08. The Balaban J connectivity index is 2.53. The Hall–Kier alpha value is -0.870. The first-order chi connectivity index (χ1) is 7.22. The quantitative estimate of drug-likeness (QED) is 0.834. The molecule has 1 aromatic carbocycles. The lowest BCUT2D eigenvalue weighted by Crippen LogP contribution is -1.86. The highest BCUT2D eigenvalue weighted by Crippen LogP contribution is 2.35. The maximum absolute atomic E-state index is 5.30. The smallest absolute Gasteiger partial charge is 0.129 e. The number of rotatable bonds is 2. The third-order valence-corrected chi connectivity index (χ3v) is 4.12. The van der Waals surface area contributed by atoms with Crippen LogP contribution in [0.4, 0.5) is 0 Å². The van der Waals surface area contributed by atoms with Crippen LogP contribution in [0.15, 0.2) is 28.9 Å². The third kappa shape index (κ3) is 2.06. The number of aromatic nitrogens is 1. The number of halogens is 1. The Morgan fingerprint density at radius 1 is 1.33 bits per heavy atom. The van der Waals surface area contributed by atoms with Gasteiger partial charge in [0.1, 0.15) is 15.4 Å². The predicted octanol–water partition coefficient (Wildman–Crippen LogP) is 3.89. The summed E-state index contributed by atoms with van der Waals surface area (Å²) in [7, 11) is 1.67. The molecule has 1 heterocycles. The normalized spacial score (nSPS) is 10.3. The van der Waals surface area contributed by atoms with Crippen molar-refractivity contribution in [2.45, 2.75) is 6.92 Å². The van der Waals surface area contributed by atoms with E-state index >= 15 is 0 Å². The van der Waals surface area contributed by atoms with Gasteiger partial charge in [-0.05, 0) is 35.0 Å². The van der Waals surface area contributed by atoms with Crippen LogP contribution in [0.5, 0.6) is 5.75 Å². The molecule has 0 saturated heterocycles. The Bertz CT molecular complexity index is 462. The molecule has 0 atom stereocenters. The molecule has 0 saturated carbocycles. The number of benzene rings is 1. The van der Waals surface area contributed by atoms with E-state index in [1.54, 1.807) is 18.4 Å². The predicted molar refractivity (Wildman–Crippen MR) is 66.5 cm³/mol. The molecule has 0 radical (unpaired) electrons. The van der Waals surface area contributed by atoms with Gasteiger partial charge in [0.2, 0.25) is 0 Å². The van der Waals surface area contributed by atoms with Gasteiger partial charge in [0.15, 0.2) is 0 Å². The van der Waals surface area contributed by atoms with E-state index in [2.05, 4.69) is 20.9 Å². The van der Waals surface area contributed by atoms with Gasteiger partial charge in [0, 0.05) is 4.88 Å². The van der Waals surface area contributed by atoms with Gasteiger partial charge in [-0.15, -0.1) is 11.3 Å². The van der Waals surface area contributed by atoms with Crippen LogP contribution in [-0.4, -0.2) is 12.1 Å². The van der Waals surface area contributed by atoms with Gasteiger partial charge in [-0.1, -0.05) is 12.1 Å². The van der Waals surface area contributed by atoms with Crippen molar-refractivity contribution in [2.24, 2.45) is 0 Å². The van der Waals surface area contributed by atoms with E-state index in [1.165, 1.54) is 4.88 Å². The summed E-state index contributed by atoms with van der Waals surface area (Å²) in [6, 6.07) is 7.91. The van der Waals surface area contributed by atoms with Crippen molar-refractivity contribution in [3.63, 3.8) is 0 Å². The summed E-state index contributed by atoms with van der Waals surface area (Å²) in [6.45, 7) is 2.04. The number of hydrogen-bond donors (Lipinski definition) is 0. The number of thiazole rings is 1. The van der Waals surface area contributed by atoms with Crippen LogP contribution in [0.1, 0.15) is 4.88 Å². The van der Waals surface area contributed by atoms with Gasteiger partial charge in [-0.2, -0.15) is 0 Å². The van der Waals surface area contributed by atoms with Crippen LogP contribution in [-0.2, 0) is 0 Å². The van der Waals surface area contributed by atoms with Gasteiger partial charge in [-0.25, -0.2) is 4.98 Å². The molecule has 0 bridgehead atoms. The number of nitrogens with zero attached hydrogens (tertiary/aromatic N) is 1. The summed E-state index contributed by atoms with van der Waals surface area (Å²) in [6.07, 6.45) is 0. The zero-order valence-corrected chi connectivity index (χ0v) is 10.9. The number of para-hydroxylation sites is 1. The standard InChI is InChI=1S/C11H10BrNOS/c1-7-10(12)13-11(15-7)8-5-3-4-6-9(8)14-2/h3-6H,1-2H3. The fraction of sp³-hybridized carbons (Fsp3) is 0.182. The van der Waals surface area contributed by atoms with Crippen LogP contribution in [0.25, 0.3) is 10.6 Å². The number of hydrogen-bond acceptors (Lipinski definition) is 3. The zero-order chi connectivity index (χ0) is 10.8. The molecule has 2 nitrogen and oxygen atoms in total. The van der Waals surface area contributed by atoms with E-state index in [0.29, 0.717) is 0 Å². The molecule has 0 aliphatic rings. The topological polar surface area (TPSA) is 22.1 Å². The van der Waals surface area contributed by atoms with Crippen LogP contribution >= 0.6 is 27.3 Å². The molecule has 0 spiro atoms. The lowest BCUT2D eigenvalue weighted by atomic mass is 10.2. The average Bonchev–Trinajstić information content (AvgIpc) is 2.59. The highest BCUT2D eigenvalue weighted by atomic mass is 79.9. The molecule has 1 aromatic heterocycles. The largest absolute Gasteiger partial charge is 0.496 e. The van der Waals surface area contributed by atoms with E-state index in [-0.39, 0.29) is 0 Å². The zero-order valence-electron chi connectivity index (χ0n) is 8.45. The molecule has 4 heteroatoms. The van der Waals surface area contributed by atoms with Crippen molar-refractivity contribution < 1.29 is 4.74 Å². The minimum atomic E-state index is 0.860. The molecule has 0 unspecified atom stereocenters. The van der Waals surface area contributed by atoms with Crippen LogP contribution in [0.2, 0.25) is 0 Å². The second-order valence-electron chi connectivity index (χ2n) is 3.07. The van der Waals surface area contributed by atoms with Gasteiger partial charge in [0.05, 0.1) is 12.7 Å². The SMILES string of the molecule is COc1ccccc1-c1nc(Br)c(C)s1. The Labute approximate surface area is 101 Å². The van der Waals surface area contributed by atoms with Gasteiger partial charge in [-0.3, -0.25) is 0 Å². The van der Waals surface area contributed by atoms with E-state index < -0.39 is 0 Å². The van der Waals surface area contributed by atoms with Gasteiger partial charge >= 0.3 is 0 Å². The maximum Gasteiger partial charge on any atom is 0.129 e. The molecule has 2 aromatic rings. The average molecular weight is 284 g/mol. The first kappa shape index (κ1) is 10.6. The Morgan fingerprint density at radius 2 is 2.07 bits per heavy atom. The first-order valence-electron chi connectivity index (χ1n) is 4.48. The fourth-order valence-electron chi connectivity index (χ4n) is 1.31. The fourth-order valence-corrected chi connectivity index (χ4v) is 2.69. The summed E-state index contributed by atoms with van der Waals surface area (Å²) in [5.74, 6) is 0.860. The van der Waals surface area contributed by atoms with E-state index in [1.807, 2.05) is 31.2 Å². The molecule has 78 valence electrons. The van der Waals surface area contributed by atoms with E-state index in [9.17, 15) is 0 Å². The van der Waals surface area contributed by atoms with E-state index in [0.717, 1.165) is 20.9 Å². The lowest BCUT2D eigenvalue weighted by Gasteiger charge is -2.04. The summed E-state index contributed by atoms with van der Waals surface area (Å²) < 4.78 is 6.21. The molecule has 0 N–H and O–H groups in total. The number of methoxy groups -OCH3 is 1. The molecule has 0 aliphatic carbocycles. The molecule has 0 aliphatic heterocycles. The summed E-state index contributed by atoms with van der Waals surface area (Å²) in [5, 5.41) is 0.983. The second-order valence-corrected chi connectivity index (χ2v) is 5.02. The Morgan fingerprint density at radius 3 is 2.67 bits per heavy atom. The maximum atomic E-state index is 5.30. The summed E-state index contributed by atoms with van der Waals surface area (Å²) in [4.78, 5) is 5.62. The second kappa shape index (κ2) is 4.33. The minimum Gasteiger partial charge on any atom is -0.496 e. The van der Waals surface area contributed by atoms with Crippen molar-refractivity contribution >= 4 is 27.3 Å². The number of aryl methyl sites for hydroxylation is 1. The van der Waals surface area contributed by atoms with Crippen molar-refractivity contribution in [1.82, 2.24) is 4.98 Å². The van der Waals surface area contributed by atoms with Crippen molar-refractivity contribution in [2.75, 3.05) is 7.11 Å². The summed E-state index contributed by atoms with van der Waals surface area (Å²) in [5.41, 5.74) is 1.04. The van der Waals surface area contributed by atoms with E-state index in [4.69, 9.17) is 4.74 Å². The van der Waals surface area contributed by atoms with Gasteiger partial charge in [0.25, 0.3) is 0 Å². The van der Waals surface area contributed by atoms with Crippen molar-refractivity contribution in [3.05, 3.63) is 33.7 Å². The highest BCUT2D eigenvalue weighted by molar-refractivity contribution is 9.10. The summed E-state index contributed by atoms with van der Waals surface area (Å²) >= 11 is 5.08. The van der Waals surface area contributed by atoms with Crippen molar-refractivity contribution in [3.8, 4) is 16.3 Å². The monoisotopic (exact) mass is 283 g/mol. The van der Waals surface area contributed by atoms with Gasteiger partial charge < -0.3 is 4.74 Å². The first-order valence-corrected chi connectivity index (χ1v) is 6.09. The van der Waals surface area contributed by atoms with Crippen LogP contribution in [0.3, 0.4) is 0 Å². The number of ether oxygens (including phenoxy) is 1. The Kier molecular flexibility index (Phi) is 3.07. The van der Waals surface area contributed by atoms with Crippen LogP contribution in [0, 0.1) is 6.92 Å². The molecule has 2 rings (SSSR count). The molecule has 0 fully saturated rings. The molecular weight excluding hydrogens is 274 g/mol. The minimum absolute atomic E-state index is 0.860. The molecule has 15 heavy (non-hydrogen) atoms. The molecular formula is C11H10BrNOS.